The first kappa shape index (κ1) is 35.0. The second-order valence-corrected chi connectivity index (χ2v) is 10.1. The van der Waals surface area contributed by atoms with E-state index < -0.39 is 22.3 Å². The van der Waals surface area contributed by atoms with Crippen molar-refractivity contribution in [3.05, 3.63) is 58.7 Å². The molecule has 0 aromatic heterocycles. The average molecular weight is 533 g/mol. The molecule has 12 heteroatoms. The smallest absolute Gasteiger partial charge is 0.394 e. The monoisotopic (exact) mass is 532 g/mol. The molecule has 0 spiro atoms. The van der Waals surface area contributed by atoms with Gasteiger partial charge in [0, 0.05) is 7.11 Å². The van der Waals surface area contributed by atoms with Gasteiger partial charge in [0.05, 0.1) is 7.11 Å². The van der Waals surface area contributed by atoms with Crippen molar-refractivity contribution >= 4 is 22.3 Å². The van der Waals surface area contributed by atoms with Gasteiger partial charge in [-0.1, -0.05) is 53.7 Å². The van der Waals surface area contributed by atoms with Crippen molar-refractivity contribution in [3.8, 4) is 11.5 Å². The molecule has 2 rings (SSSR count). The molecular weight excluding hydrogens is 496 g/mol. The van der Waals surface area contributed by atoms with E-state index in [-0.39, 0.29) is 33.5 Å². The van der Waals surface area contributed by atoms with Gasteiger partial charge in [0.25, 0.3) is 0 Å². The molecule has 6 N–H and O–H groups in total. The van der Waals surface area contributed by atoms with Gasteiger partial charge in [0.1, 0.15) is 22.6 Å². The van der Waals surface area contributed by atoms with Crippen LogP contribution in [0.15, 0.2) is 36.4 Å². The third-order valence-electron chi connectivity index (χ3n) is 4.36. The van der Waals surface area contributed by atoms with Crippen LogP contribution in [0.25, 0.3) is 0 Å². The molecule has 0 aliphatic rings. The average Bonchev–Trinajstić information content (AvgIpc) is 2.72. The van der Waals surface area contributed by atoms with E-state index in [9.17, 15) is 19.8 Å². The van der Waals surface area contributed by atoms with Gasteiger partial charge in [0.15, 0.2) is 0 Å². The summed E-state index contributed by atoms with van der Waals surface area (Å²) in [5, 5.41) is 34.6. The van der Waals surface area contributed by atoms with E-state index in [1.54, 1.807) is 12.1 Å². The molecule has 0 fully saturated rings. The lowest BCUT2D eigenvalue weighted by Crippen LogP contribution is -2.12. The summed E-state index contributed by atoms with van der Waals surface area (Å²) in [5.74, 6) is -1.85. The lowest BCUT2D eigenvalue weighted by atomic mass is 9.86. The zero-order valence-corrected chi connectivity index (χ0v) is 22.4. The fraction of sp³-hybridized carbons (Fsp3) is 0.417. The predicted octanol–water partition coefficient (Wildman–Crippen LogP) is 3.82. The molecule has 2 aromatic carbocycles. The third-order valence-corrected chi connectivity index (χ3v) is 4.36. The molecule has 0 aliphatic heterocycles. The van der Waals surface area contributed by atoms with Gasteiger partial charge in [-0.2, -0.15) is 8.42 Å². The van der Waals surface area contributed by atoms with Crippen LogP contribution in [0.4, 0.5) is 0 Å². The third kappa shape index (κ3) is 13.6. The SMILES string of the molecule is CC(C)(C)c1ccc(O)c(C(=O)O)c1.CO.COC(=O)c1cc(C(C)(C)C)ccc1O.O=S(=O)(O)O. The number of aliphatic hydroxyl groups excluding tert-OH is 1. The zero-order valence-electron chi connectivity index (χ0n) is 21.6. The summed E-state index contributed by atoms with van der Waals surface area (Å²) in [6.45, 7) is 12.1. The number of carboxylic acid groups (broad SMARTS) is 1. The minimum Gasteiger partial charge on any atom is -0.507 e. The number of ether oxygens (including phenoxy) is 1. The van der Waals surface area contributed by atoms with Crippen LogP contribution >= 0.6 is 0 Å². The highest BCUT2D eigenvalue weighted by Crippen LogP contribution is 2.28. The molecular formula is C24H36O11S. The number of phenolic OH excluding ortho intramolecular Hbond substituents is 1. The first-order valence-corrected chi connectivity index (χ1v) is 11.7. The number of carbonyl (C=O) groups excluding carboxylic acids is 1. The number of rotatable bonds is 2. The van der Waals surface area contributed by atoms with Crippen molar-refractivity contribution in [1.29, 1.82) is 0 Å². The maximum Gasteiger partial charge on any atom is 0.394 e. The van der Waals surface area contributed by atoms with Crippen LogP contribution < -0.4 is 0 Å². The van der Waals surface area contributed by atoms with Gasteiger partial charge in [-0.15, -0.1) is 0 Å². The number of esters is 1. The number of hydrogen-bond donors (Lipinski definition) is 6. The van der Waals surface area contributed by atoms with E-state index in [2.05, 4.69) is 4.74 Å². The fourth-order valence-electron chi connectivity index (χ4n) is 2.45. The van der Waals surface area contributed by atoms with Gasteiger partial charge < -0.3 is 25.2 Å². The summed E-state index contributed by atoms with van der Waals surface area (Å²) >= 11 is 0. The Hall–Kier alpha value is -3.19. The first-order valence-electron chi connectivity index (χ1n) is 10.3. The number of carbonyl (C=O) groups is 2. The number of aliphatic hydroxyl groups is 1. The number of aromatic carboxylic acids is 1. The summed E-state index contributed by atoms with van der Waals surface area (Å²) < 4.78 is 36.2. The highest BCUT2D eigenvalue weighted by atomic mass is 32.3. The van der Waals surface area contributed by atoms with Gasteiger partial charge >= 0.3 is 22.3 Å². The normalized spacial score (nSPS) is 10.9. The maximum atomic E-state index is 11.3. The van der Waals surface area contributed by atoms with E-state index in [0.717, 1.165) is 18.2 Å². The summed E-state index contributed by atoms with van der Waals surface area (Å²) in [6, 6.07) is 9.67. The molecule has 2 aromatic rings. The fourth-order valence-corrected chi connectivity index (χ4v) is 2.45. The summed E-state index contributed by atoms with van der Waals surface area (Å²) in [4.78, 5) is 22.1. The molecule has 0 heterocycles. The van der Waals surface area contributed by atoms with Crippen LogP contribution in [-0.2, 0) is 26.0 Å². The van der Waals surface area contributed by atoms with Gasteiger partial charge in [-0.25, -0.2) is 9.59 Å². The molecule has 0 atom stereocenters. The van der Waals surface area contributed by atoms with Crippen molar-refractivity contribution in [2.45, 2.75) is 52.4 Å². The standard InChI is InChI=1S/C12H16O3.C11H14O3.CH4O.H2O4S/c1-12(2,3)8-5-6-10(13)9(7-8)11(14)15-4;1-11(2,3)7-4-5-9(12)8(6-7)10(13)14;1-2;1-5(2,3)4/h5-7,13H,1-4H3;4-6,12H,1-3H3,(H,13,14);2H,1H3;(H2,1,2,3,4). The Morgan fingerprint density at radius 2 is 1.06 bits per heavy atom. The Morgan fingerprint density at radius 3 is 1.33 bits per heavy atom. The van der Waals surface area contributed by atoms with Crippen molar-refractivity contribution < 1.29 is 52.3 Å². The number of carboxylic acids is 1. The first-order chi connectivity index (χ1) is 16.2. The predicted molar refractivity (Wildman–Crippen MR) is 134 cm³/mol. The van der Waals surface area contributed by atoms with Crippen LogP contribution in [0.1, 0.15) is 73.4 Å². The Bertz CT molecular complexity index is 1100. The molecule has 0 unspecified atom stereocenters. The Morgan fingerprint density at radius 1 is 0.750 bits per heavy atom. The van der Waals surface area contributed by atoms with Crippen molar-refractivity contribution in [3.63, 3.8) is 0 Å². The summed E-state index contributed by atoms with van der Waals surface area (Å²) in [5.41, 5.74) is 1.88. The highest BCUT2D eigenvalue weighted by molar-refractivity contribution is 7.79. The van der Waals surface area contributed by atoms with E-state index in [1.807, 2.05) is 47.6 Å². The molecule has 204 valence electrons. The van der Waals surface area contributed by atoms with Crippen LogP contribution in [0.3, 0.4) is 0 Å². The van der Waals surface area contributed by atoms with E-state index >= 15 is 0 Å². The molecule has 0 radical (unpaired) electrons. The van der Waals surface area contributed by atoms with Gasteiger partial charge in [0.2, 0.25) is 0 Å². The quantitative estimate of drug-likeness (QED) is 0.243. The molecule has 0 saturated heterocycles. The second-order valence-electron chi connectivity index (χ2n) is 9.21. The molecule has 36 heavy (non-hydrogen) atoms. The molecule has 0 bridgehead atoms. The van der Waals surface area contributed by atoms with Crippen LogP contribution in [0.2, 0.25) is 0 Å². The Balaban J connectivity index is 0. The lowest BCUT2D eigenvalue weighted by Gasteiger charge is -2.19. The van der Waals surface area contributed by atoms with Crippen LogP contribution in [-0.4, -0.2) is 64.1 Å². The summed E-state index contributed by atoms with van der Waals surface area (Å²) in [7, 11) is -2.37. The topological polar surface area (TPSA) is 199 Å². The van der Waals surface area contributed by atoms with E-state index in [4.69, 9.17) is 27.7 Å². The molecule has 11 nitrogen and oxygen atoms in total. The lowest BCUT2D eigenvalue weighted by molar-refractivity contribution is 0.0596. The van der Waals surface area contributed by atoms with E-state index in [0.29, 0.717) is 0 Å². The Labute approximate surface area is 211 Å². The van der Waals surface area contributed by atoms with Gasteiger partial charge in [-0.05, 0) is 46.2 Å². The second kappa shape index (κ2) is 14.4. The highest BCUT2D eigenvalue weighted by Gasteiger charge is 2.19. The number of hydrogen-bond acceptors (Lipinski definition) is 8. The number of phenols is 2. The number of benzene rings is 2. The largest absolute Gasteiger partial charge is 0.507 e. The maximum absolute atomic E-state index is 11.3. The molecule has 0 aliphatic carbocycles. The zero-order chi connectivity index (χ0) is 29.1. The summed E-state index contributed by atoms with van der Waals surface area (Å²) in [6.07, 6.45) is 0. The van der Waals surface area contributed by atoms with Crippen LogP contribution in [0, 0.1) is 0 Å². The number of methoxy groups -OCH3 is 1. The number of aromatic hydroxyl groups is 2. The molecule has 0 saturated carbocycles. The van der Waals surface area contributed by atoms with Crippen molar-refractivity contribution in [2.24, 2.45) is 0 Å². The molecule has 0 amide bonds. The van der Waals surface area contributed by atoms with Crippen LogP contribution in [0.5, 0.6) is 11.5 Å². The van der Waals surface area contributed by atoms with Crippen molar-refractivity contribution in [1.82, 2.24) is 0 Å². The van der Waals surface area contributed by atoms with Crippen molar-refractivity contribution in [2.75, 3.05) is 14.2 Å². The van der Waals surface area contributed by atoms with Gasteiger partial charge in [-0.3, -0.25) is 9.11 Å². The minimum atomic E-state index is -4.67. The Kier molecular flexibility index (Phi) is 14.0. The van der Waals surface area contributed by atoms with E-state index in [1.165, 1.54) is 25.3 Å². The minimum absolute atomic E-state index is 0.0441.